The first-order valence-electron chi connectivity index (χ1n) is 8.61. The number of benzene rings is 1. The summed E-state index contributed by atoms with van der Waals surface area (Å²) in [6, 6.07) is 6.01. The van der Waals surface area contributed by atoms with E-state index in [1.807, 2.05) is 32.0 Å². The summed E-state index contributed by atoms with van der Waals surface area (Å²) in [6.07, 6.45) is 0.542. The summed E-state index contributed by atoms with van der Waals surface area (Å²) in [5.74, 6) is 0.834. The molecule has 0 aliphatic carbocycles. The van der Waals surface area contributed by atoms with E-state index >= 15 is 0 Å². The van der Waals surface area contributed by atoms with Gasteiger partial charge in [-0.3, -0.25) is 4.79 Å². The molecule has 0 bridgehead atoms. The van der Waals surface area contributed by atoms with Crippen LogP contribution < -0.4 is 15.4 Å². The van der Waals surface area contributed by atoms with Gasteiger partial charge in [-0.25, -0.2) is 4.79 Å². The van der Waals surface area contributed by atoms with Crippen LogP contribution in [0.25, 0.3) is 0 Å². The van der Waals surface area contributed by atoms with Crippen molar-refractivity contribution in [2.45, 2.75) is 53.1 Å². The molecule has 0 aromatic heterocycles. The second-order valence-electron chi connectivity index (χ2n) is 6.95. The molecule has 0 aliphatic rings. The molecule has 0 atom stereocenters. The van der Waals surface area contributed by atoms with Crippen LogP contribution in [-0.2, 0) is 9.53 Å². The third kappa shape index (κ3) is 8.98. The molecule has 140 valence electrons. The van der Waals surface area contributed by atoms with Crippen LogP contribution in [0.15, 0.2) is 18.2 Å². The summed E-state index contributed by atoms with van der Waals surface area (Å²) in [7, 11) is 0. The second-order valence-corrected chi connectivity index (χ2v) is 6.95. The SMILES string of the molecule is Cc1cccc(C)c1OCCCC(=O)NCCNC(=O)OC(C)(C)C. The summed E-state index contributed by atoms with van der Waals surface area (Å²) < 4.78 is 10.9. The lowest BCUT2D eigenvalue weighted by atomic mass is 10.1. The number of rotatable bonds is 8. The van der Waals surface area contributed by atoms with Crippen molar-refractivity contribution < 1.29 is 19.1 Å². The van der Waals surface area contributed by atoms with Gasteiger partial charge in [0, 0.05) is 19.5 Å². The zero-order valence-corrected chi connectivity index (χ0v) is 15.9. The predicted molar refractivity (Wildman–Crippen MR) is 97.9 cm³/mol. The Hall–Kier alpha value is -2.24. The number of ether oxygens (including phenoxy) is 2. The van der Waals surface area contributed by atoms with Gasteiger partial charge in [0.15, 0.2) is 0 Å². The highest BCUT2D eigenvalue weighted by Crippen LogP contribution is 2.22. The number of amides is 2. The predicted octanol–water partition coefficient (Wildman–Crippen LogP) is 3.10. The van der Waals surface area contributed by atoms with E-state index in [-0.39, 0.29) is 5.91 Å². The molecule has 0 saturated heterocycles. The van der Waals surface area contributed by atoms with Gasteiger partial charge in [0.05, 0.1) is 6.61 Å². The topological polar surface area (TPSA) is 76.7 Å². The molecule has 0 unspecified atom stereocenters. The third-order valence-corrected chi connectivity index (χ3v) is 3.32. The zero-order chi connectivity index (χ0) is 18.9. The van der Waals surface area contributed by atoms with Crippen LogP contribution in [0.2, 0.25) is 0 Å². The van der Waals surface area contributed by atoms with Gasteiger partial charge in [0.25, 0.3) is 0 Å². The Morgan fingerprint density at radius 1 is 1.04 bits per heavy atom. The van der Waals surface area contributed by atoms with Crippen molar-refractivity contribution in [2.24, 2.45) is 0 Å². The number of hydrogen-bond acceptors (Lipinski definition) is 4. The first kappa shape index (κ1) is 20.8. The minimum Gasteiger partial charge on any atom is -0.493 e. The molecule has 1 rings (SSSR count). The van der Waals surface area contributed by atoms with Crippen LogP contribution >= 0.6 is 0 Å². The van der Waals surface area contributed by atoms with Gasteiger partial charge in [-0.1, -0.05) is 18.2 Å². The lowest BCUT2D eigenvalue weighted by molar-refractivity contribution is -0.121. The molecule has 1 aromatic carbocycles. The summed E-state index contributed by atoms with van der Waals surface area (Å²) in [6.45, 7) is 10.6. The van der Waals surface area contributed by atoms with E-state index in [2.05, 4.69) is 10.6 Å². The van der Waals surface area contributed by atoms with E-state index in [4.69, 9.17) is 9.47 Å². The van der Waals surface area contributed by atoms with Gasteiger partial charge in [-0.15, -0.1) is 0 Å². The Morgan fingerprint density at radius 3 is 2.24 bits per heavy atom. The molecule has 0 fully saturated rings. The molecule has 0 aliphatic heterocycles. The Morgan fingerprint density at radius 2 is 1.64 bits per heavy atom. The largest absolute Gasteiger partial charge is 0.493 e. The van der Waals surface area contributed by atoms with E-state index in [1.54, 1.807) is 20.8 Å². The first-order chi connectivity index (χ1) is 11.7. The number of carbonyl (C=O) groups excluding carboxylic acids is 2. The van der Waals surface area contributed by atoms with Crippen molar-refractivity contribution in [3.8, 4) is 5.75 Å². The number of aryl methyl sites for hydroxylation is 2. The van der Waals surface area contributed by atoms with Crippen molar-refractivity contribution in [1.29, 1.82) is 0 Å². The summed E-state index contributed by atoms with van der Waals surface area (Å²) in [5.41, 5.74) is 1.67. The molecule has 6 nitrogen and oxygen atoms in total. The number of para-hydroxylation sites is 1. The van der Waals surface area contributed by atoms with Crippen molar-refractivity contribution in [3.63, 3.8) is 0 Å². The van der Waals surface area contributed by atoms with Crippen LogP contribution in [0.5, 0.6) is 5.75 Å². The van der Waals surface area contributed by atoms with E-state index in [9.17, 15) is 9.59 Å². The van der Waals surface area contributed by atoms with E-state index in [0.29, 0.717) is 32.5 Å². The highest BCUT2D eigenvalue weighted by Gasteiger charge is 2.15. The van der Waals surface area contributed by atoms with Gasteiger partial charge < -0.3 is 20.1 Å². The fourth-order valence-corrected chi connectivity index (χ4v) is 2.20. The van der Waals surface area contributed by atoms with E-state index < -0.39 is 11.7 Å². The molecule has 2 amide bonds. The monoisotopic (exact) mass is 350 g/mol. The fraction of sp³-hybridized carbons (Fsp3) is 0.579. The normalized spacial score (nSPS) is 10.9. The lowest BCUT2D eigenvalue weighted by Gasteiger charge is -2.19. The maximum atomic E-state index is 11.8. The van der Waals surface area contributed by atoms with Gasteiger partial charge in [-0.05, 0) is 52.2 Å². The second kappa shape index (κ2) is 9.91. The number of hydrogen-bond donors (Lipinski definition) is 2. The van der Waals surface area contributed by atoms with Crippen LogP contribution in [0, 0.1) is 13.8 Å². The van der Waals surface area contributed by atoms with Crippen LogP contribution in [0.4, 0.5) is 4.79 Å². The number of nitrogens with one attached hydrogen (secondary N) is 2. The highest BCUT2D eigenvalue weighted by atomic mass is 16.6. The molecular formula is C19H30N2O4. The Balaban J connectivity index is 2.12. The first-order valence-corrected chi connectivity index (χ1v) is 8.61. The summed E-state index contributed by atoms with van der Waals surface area (Å²) in [4.78, 5) is 23.2. The molecule has 0 spiro atoms. The van der Waals surface area contributed by atoms with Gasteiger partial charge in [0.2, 0.25) is 5.91 Å². The molecule has 0 saturated carbocycles. The molecule has 0 heterocycles. The summed E-state index contributed by atoms with van der Waals surface area (Å²) >= 11 is 0. The quantitative estimate of drug-likeness (QED) is 0.706. The Kier molecular flexibility index (Phi) is 8.25. The lowest BCUT2D eigenvalue weighted by Crippen LogP contribution is -2.37. The van der Waals surface area contributed by atoms with Crippen molar-refractivity contribution in [3.05, 3.63) is 29.3 Å². The summed E-state index contributed by atoms with van der Waals surface area (Å²) in [5, 5.41) is 5.35. The minimum atomic E-state index is -0.525. The number of alkyl carbamates (subject to hydrolysis) is 1. The van der Waals surface area contributed by atoms with Crippen LogP contribution in [-0.4, -0.2) is 37.3 Å². The van der Waals surface area contributed by atoms with Gasteiger partial charge >= 0.3 is 6.09 Å². The smallest absolute Gasteiger partial charge is 0.407 e. The van der Waals surface area contributed by atoms with E-state index in [1.165, 1.54) is 0 Å². The zero-order valence-electron chi connectivity index (χ0n) is 15.9. The molecule has 1 aromatic rings. The van der Waals surface area contributed by atoms with Crippen LogP contribution in [0.3, 0.4) is 0 Å². The van der Waals surface area contributed by atoms with E-state index in [0.717, 1.165) is 16.9 Å². The maximum Gasteiger partial charge on any atom is 0.407 e. The Bertz CT molecular complexity index is 559. The molecule has 25 heavy (non-hydrogen) atoms. The Labute approximate surface area is 150 Å². The van der Waals surface area contributed by atoms with Crippen LogP contribution in [0.1, 0.15) is 44.7 Å². The average Bonchev–Trinajstić information content (AvgIpc) is 2.48. The minimum absolute atomic E-state index is 0.0592. The average molecular weight is 350 g/mol. The molecule has 0 radical (unpaired) electrons. The highest BCUT2D eigenvalue weighted by molar-refractivity contribution is 5.75. The van der Waals surface area contributed by atoms with Gasteiger partial charge in [-0.2, -0.15) is 0 Å². The van der Waals surface area contributed by atoms with Crippen molar-refractivity contribution in [1.82, 2.24) is 10.6 Å². The molecule has 2 N–H and O–H groups in total. The molecular weight excluding hydrogens is 320 g/mol. The van der Waals surface area contributed by atoms with Gasteiger partial charge in [0.1, 0.15) is 11.4 Å². The molecule has 6 heteroatoms. The number of carbonyl (C=O) groups is 2. The van der Waals surface area contributed by atoms with Crippen molar-refractivity contribution >= 4 is 12.0 Å². The third-order valence-electron chi connectivity index (χ3n) is 3.32. The maximum absolute atomic E-state index is 11.8. The van der Waals surface area contributed by atoms with Crippen molar-refractivity contribution in [2.75, 3.05) is 19.7 Å². The fourth-order valence-electron chi connectivity index (χ4n) is 2.20. The standard InChI is InChI=1S/C19H30N2O4/c1-14-8-6-9-15(2)17(14)24-13-7-10-16(22)20-11-12-21-18(23)25-19(3,4)5/h6,8-9H,7,10-13H2,1-5H3,(H,20,22)(H,21,23).